The summed E-state index contributed by atoms with van der Waals surface area (Å²) in [4.78, 5) is 14.2. The van der Waals surface area contributed by atoms with Crippen LogP contribution < -0.4 is 10.1 Å². The maximum atomic E-state index is 12.3. The average molecular weight is 304 g/mol. The molecule has 2 amide bonds. The number of anilines is 1. The van der Waals surface area contributed by atoms with E-state index in [9.17, 15) is 4.79 Å². The first-order valence-corrected chi connectivity index (χ1v) is 8.48. The molecule has 1 aromatic rings. The van der Waals surface area contributed by atoms with Crippen molar-refractivity contribution in [2.24, 2.45) is 5.92 Å². The van der Waals surface area contributed by atoms with Crippen molar-refractivity contribution in [3.8, 4) is 5.75 Å². The summed E-state index contributed by atoms with van der Waals surface area (Å²) in [7, 11) is 0. The van der Waals surface area contributed by atoms with E-state index < -0.39 is 0 Å². The number of urea groups is 1. The molecule has 0 aromatic heterocycles. The highest BCUT2D eigenvalue weighted by molar-refractivity contribution is 5.89. The number of likely N-dealkylation sites (tertiary alicyclic amines) is 1. The van der Waals surface area contributed by atoms with Crippen LogP contribution in [0.1, 0.15) is 46.0 Å². The molecule has 1 heterocycles. The minimum Gasteiger partial charge on any atom is -0.494 e. The third-order valence-electron chi connectivity index (χ3n) is 4.18. The minimum absolute atomic E-state index is 0.00810. The molecule has 1 aliphatic heterocycles. The Bertz CT molecular complexity index is 459. The number of carbonyl (C=O) groups is 1. The standard InChI is InChI=1S/C18H28N2O2/c1-3-4-14-22-17-9-7-16(8-10-17)19-18(21)20-12-5-6-15(2)11-13-20/h7-10,15H,3-6,11-14H2,1-2H3,(H,19,21). The molecule has 1 atom stereocenters. The van der Waals surface area contributed by atoms with Crippen LogP contribution >= 0.6 is 0 Å². The van der Waals surface area contributed by atoms with Crippen molar-refractivity contribution in [1.29, 1.82) is 0 Å². The quantitative estimate of drug-likeness (QED) is 0.813. The van der Waals surface area contributed by atoms with E-state index in [1.54, 1.807) is 0 Å². The highest BCUT2D eigenvalue weighted by Crippen LogP contribution is 2.19. The van der Waals surface area contributed by atoms with E-state index >= 15 is 0 Å². The van der Waals surface area contributed by atoms with Crippen LogP contribution in [0.2, 0.25) is 0 Å². The molecule has 1 fully saturated rings. The Morgan fingerprint density at radius 2 is 2.05 bits per heavy atom. The average Bonchev–Trinajstić information content (AvgIpc) is 2.74. The number of ether oxygens (including phenoxy) is 1. The smallest absolute Gasteiger partial charge is 0.321 e. The van der Waals surface area contributed by atoms with Crippen LogP contribution in [-0.2, 0) is 0 Å². The molecule has 2 rings (SSSR count). The number of amides is 2. The second-order valence-corrected chi connectivity index (χ2v) is 6.18. The molecule has 4 nitrogen and oxygen atoms in total. The maximum Gasteiger partial charge on any atom is 0.321 e. The molecule has 1 N–H and O–H groups in total. The number of rotatable bonds is 5. The molecule has 22 heavy (non-hydrogen) atoms. The highest BCUT2D eigenvalue weighted by Gasteiger charge is 2.18. The van der Waals surface area contributed by atoms with Gasteiger partial charge in [-0.05, 0) is 55.9 Å². The molecule has 1 unspecified atom stereocenters. The van der Waals surface area contributed by atoms with E-state index in [0.29, 0.717) is 0 Å². The molecule has 122 valence electrons. The van der Waals surface area contributed by atoms with E-state index in [1.807, 2.05) is 29.2 Å². The number of nitrogens with one attached hydrogen (secondary N) is 1. The fraction of sp³-hybridized carbons (Fsp3) is 0.611. The lowest BCUT2D eigenvalue weighted by molar-refractivity contribution is 0.213. The molecule has 1 aliphatic rings. The van der Waals surface area contributed by atoms with Gasteiger partial charge in [0, 0.05) is 18.8 Å². The van der Waals surface area contributed by atoms with Crippen LogP contribution in [0, 0.1) is 5.92 Å². The zero-order valence-electron chi connectivity index (χ0n) is 13.8. The van der Waals surface area contributed by atoms with E-state index in [0.717, 1.165) is 62.7 Å². The number of hydrogen-bond donors (Lipinski definition) is 1. The summed E-state index contributed by atoms with van der Waals surface area (Å²) in [6.07, 6.45) is 5.60. The summed E-state index contributed by atoms with van der Waals surface area (Å²) in [5.41, 5.74) is 0.824. The van der Waals surface area contributed by atoms with Gasteiger partial charge in [-0.25, -0.2) is 4.79 Å². The molecular formula is C18H28N2O2. The molecule has 0 aliphatic carbocycles. The molecule has 0 radical (unpaired) electrons. The first-order chi connectivity index (χ1) is 10.7. The van der Waals surface area contributed by atoms with Gasteiger partial charge in [0.05, 0.1) is 6.61 Å². The number of unbranched alkanes of at least 4 members (excludes halogenated alkanes) is 1. The van der Waals surface area contributed by atoms with Gasteiger partial charge in [-0.3, -0.25) is 0 Å². The summed E-state index contributed by atoms with van der Waals surface area (Å²) in [5, 5.41) is 2.98. The third kappa shape index (κ3) is 5.24. The van der Waals surface area contributed by atoms with E-state index in [1.165, 1.54) is 6.42 Å². The van der Waals surface area contributed by atoms with Gasteiger partial charge in [0.25, 0.3) is 0 Å². The molecular weight excluding hydrogens is 276 g/mol. The van der Waals surface area contributed by atoms with Crippen molar-refractivity contribution < 1.29 is 9.53 Å². The van der Waals surface area contributed by atoms with Crippen LogP contribution in [0.5, 0.6) is 5.75 Å². The summed E-state index contributed by atoms with van der Waals surface area (Å²) in [6, 6.07) is 7.64. The summed E-state index contributed by atoms with van der Waals surface area (Å²) >= 11 is 0. The van der Waals surface area contributed by atoms with Crippen molar-refractivity contribution in [2.45, 2.75) is 46.0 Å². The van der Waals surface area contributed by atoms with Gasteiger partial charge in [-0.15, -0.1) is 0 Å². The van der Waals surface area contributed by atoms with Crippen LogP contribution in [0.3, 0.4) is 0 Å². The zero-order chi connectivity index (χ0) is 15.8. The first-order valence-electron chi connectivity index (χ1n) is 8.48. The third-order valence-corrected chi connectivity index (χ3v) is 4.18. The fourth-order valence-electron chi connectivity index (χ4n) is 2.64. The summed E-state index contributed by atoms with van der Waals surface area (Å²) < 4.78 is 5.63. The fourth-order valence-corrected chi connectivity index (χ4v) is 2.64. The highest BCUT2D eigenvalue weighted by atomic mass is 16.5. The Labute approximate surface area is 133 Å². The zero-order valence-corrected chi connectivity index (χ0v) is 13.8. The van der Waals surface area contributed by atoms with Gasteiger partial charge in [0.1, 0.15) is 5.75 Å². The largest absolute Gasteiger partial charge is 0.494 e. The van der Waals surface area contributed by atoms with E-state index in [4.69, 9.17) is 4.74 Å². The van der Waals surface area contributed by atoms with Gasteiger partial charge in [-0.2, -0.15) is 0 Å². The summed E-state index contributed by atoms with van der Waals surface area (Å²) in [5.74, 6) is 1.58. The Morgan fingerprint density at radius 1 is 1.27 bits per heavy atom. The maximum absolute atomic E-state index is 12.3. The van der Waals surface area contributed by atoms with E-state index in [-0.39, 0.29) is 6.03 Å². The van der Waals surface area contributed by atoms with Gasteiger partial charge < -0.3 is 15.0 Å². The van der Waals surface area contributed by atoms with Crippen molar-refractivity contribution >= 4 is 11.7 Å². The lowest BCUT2D eigenvalue weighted by Crippen LogP contribution is -2.35. The van der Waals surface area contributed by atoms with Gasteiger partial charge >= 0.3 is 6.03 Å². The van der Waals surface area contributed by atoms with Gasteiger partial charge in [0.15, 0.2) is 0 Å². The SMILES string of the molecule is CCCCOc1ccc(NC(=O)N2CCCC(C)CC2)cc1. The van der Waals surface area contributed by atoms with Crippen molar-refractivity contribution in [1.82, 2.24) is 4.90 Å². The van der Waals surface area contributed by atoms with Crippen molar-refractivity contribution in [2.75, 3.05) is 25.0 Å². The second kappa shape index (κ2) is 8.66. The lowest BCUT2D eigenvalue weighted by Gasteiger charge is -2.21. The molecule has 0 saturated carbocycles. The molecule has 1 saturated heterocycles. The molecule has 4 heteroatoms. The Morgan fingerprint density at radius 3 is 2.77 bits per heavy atom. The first kappa shape index (κ1) is 16.7. The molecule has 0 bridgehead atoms. The van der Waals surface area contributed by atoms with Gasteiger partial charge in [-0.1, -0.05) is 20.3 Å². The van der Waals surface area contributed by atoms with Gasteiger partial charge in [0.2, 0.25) is 0 Å². The van der Waals surface area contributed by atoms with Crippen molar-refractivity contribution in [3.63, 3.8) is 0 Å². The van der Waals surface area contributed by atoms with Crippen LogP contribution in [-0.4, -0.2) is 30.6 Å². The Hall–Kier alpha value is -1.71. The van der Waals surface area contributed by atoms with Crippen LogP contribution in [0.15, 0.2) is 24.3 Å². The second-order valence-electron chi connectivity index (χ2n) is 6.18. The Balaban J connectivity index is 1.83. The predicted octanol–water partition coefficient (Wildman–Crippen LogP) is 4.52. The lowest BCUT2D eigenvalue weighted by atomic mass is 10.0. The monoisotopic (exact) mass is 304 g/mol. The number of nitrogens with zero attached hydrogens (tertiary/aromatic N) is 1. The molecule has 1 aromatic carbocycles. The predicted molar refractivity (Wildman–Crippen MR) is 90.5 cm³/mol. The van der Waals surface area contributed by atoms with E-state index in [2.05, 4.69) is 19.2 Å². The number of hydrogen-bond acceptors (Lipinski definition) is 2. The summed E-state index contributed by atoms with van der Waals surface area (Å²) in [6.45, 7) is 6.86. The van der Waals surface area contributed by atoms with Crippen LogP contribution in [0.4, 0.5) is 10.5 Å². The topological polar surface area (TPSA) is 41.6 Å². The number of carbonyl (C=O) groups excluding carboxylic acids is 1. The minimum atomic E-state index is 0.00810. The van der Waals surface area contributed by atoms with Crippen LogP contribution in [0.25, 0.3) is 0 Å². The van der Waals surface area contributed by atoms with Crippen molar-refractivity contribution in [3.05, 3.63) is 24.3 Å². The molecule has 0 spiro atoms. The Kier molecular flexibility index (Phi) is 6.56. The normalized spacial score (nSPS) is 18.6. The number of benzene rings is 1.